The Bertz CT molecular complexity index is 368. The number of carbonyl (C=O) groups is 1. The summed E-state index contributed by atoms with van der Waals surface area (Å²) in [5.41, 5.74) is 0.994. The highest BCUT2D eigenvalue weighted by Crippen LogP contribution is 2.12. The van der Waals surface area contributed by atoms with Crippen LogP contribution in [0.5, 0.6) is 0 Å². The Kier molecular flexibility index (Phi) is 4.34. The predicted octanol–water partition coefficient (Wildman–Crippen LogP) is 1.89. The van der Waals surface area contributed by atoms with Gasteiger partial charge in [0.1, 0.15) is 0 Å². The molecule has 15 heavy (non-hydrogen) atoms. The number of halogens is 1. The summed E-state index contributed by atoms with van der Waals surface area (Å²) in [6, 6.07) is 6.92. The van der Waals surface area contributed by atoms with Gasteiger partial charge in [0.15, 0.2) is 0 Å². The fourth-order valence-corrected chi connectivity index (χ4v) is 1.19. The van der Waals surface area contributed by atoms with E-state index in [9.17, 15) is 4.79 Å². The molecule has 1 rings (SSSR count). The molecule has 0 bridgehead atoms. The zero-order valence-electron chi connectivity index (χ0n) is 8.24. The highest BCUT2D eigenvalue weighted by Gasteiger charge is 2.07. The van der Waals surface area contributed by atoms with Crippen LogP contribution in [0.4, 0.5) is 0 Å². The minimum absolute atomic E-state index is 0.208. The predicted molar refractivity (Wildman–Crippen MR) is 58.5 cm³/mol. The van der Waals surface area contributed by atoms with Gasteiger partial charge in [-0.2, -0.15) is 0 Å². The number of hydrogen-bond donors (Lipinski definition) is 1. The summed E-state index contributed by atoms with van der Waals surface area (Å²) >= 11 is 5.71. The molecule has 1 N–H and O–H groups in total. The average Bonchev–Trinajstić information content (AvgIpc) is 2.27. The van der Waals surface area contributed by atoms with Crippen LogP contribution in [0.2, 0.25) is 5.02 Å². The van der Waals surface area contributed by atoms with Gasteiger partial charge in [-0.1, -0.05) is 23.7 Å². The number of esters is 1. The zero-order valence-corrected chi connectivity index (χ0v) is 8.99. The van der Waals surface area contributed by atoms with Gasteiger partial charge in [-0.25, -0.2) is 4.79 Å². The minimum Gasteiger partial charge on any atom is -0.466 e. The Labute approximate surface area is 92.9 Å². The lowest BCUT2D eigenvalue weighted by molar-refractivity contribution is -0.136. The Morgan fingerprint density at radius 2 is 2.07 bits per heavy atom. The molecule has 1 aromatic carbocycles. The zero-order chi connectivity index (χ0) is 11.3. The lowest BCUT2D eigenvalue weighted by Crippen LogP contribution is -2.07. The minimum atomic E-state index is -0.535. The first kappa shape index (κ1) is 11.8. The van der Waals surface area contributed by atoms with Crippen LogP contribution in [0.1, 0.15) is 5.56 Å². The van der Waals surface area contributed by atoms with Crippen molar-refractivity contribution >= 4 is 23.6 Å². The van der Waals surface area contributed by atoms with E-state index in [1.54, 1.807) is 30.3 Å². The van der Waals surface area contributed by atoms with Gasteiger partial charge < -0.3 is 9.84 Å². The molecule has 0 saturated carbocycles. The van der Waals surface area contributed by atoms with Crippen LogP contribution in [0.25, 0.3) is 6.08 Å². The summed E-state index contributed by atoms with van der Waals surface area (Å²) in [4.78, 5) is 11.1. The third-order valence-electron chi connectivity index (χ3n) is 1.83. The number of aliphatic hydroxyl groups is 1. The van der Waals surface area contributed by atoms with Gasteiger partial charge in [0.05, 0.1) is 19.3 Å². The van der Waals surface area contributed by atoms with E-state index < -0.39 is 5.97 Å². The Morgan fingerprint density at radius 3 is 2.53 bits per heavy atom. The number of benzene rings is 1. The van der Waals surface area contributed by atoms with Crippen LogP contribution >= 0.6 is 11.6 Å². The number of methoxy groups -OCH3 is 1. The van der Waals surface area contributed by atoms with E-state index in [0.717, 1.165) is 5.56 Å². The SMILES string of the molecule is COC(=O)/C(=C/c1ccc(Cl)cc1)CO. The second-order valence-electron chi connectivity index (χ2n) is 2.87. The van der Waals surface area contributed by atoms with Crippen molar-refractivity contribution in [2.75, 3.05) is 13.7 Å². The first-order valence-electron chi connectivity index (χ1n) is 4.32. The Balaban J connectivity index is 2.93. The third-order valence-corrected chi connectivity index (χ3v) is 2.08. The Hall–Kier alpha value is -1.32. The third kappa shape index (κ3) is 3.38. The summed E-state index contributed by atoms with van der Waals surface area (Å²) < 4.78 is 4.51. The molecule has 0 amide bonds. The van der Waals surface area contributed by atoms with Crippen LogP contribution in [0.15, 0.2) is 29.8 Å². The maximum Gasteiger partial charge on any atom is 0.336 e. The molecule has 0 radical (unpaired) electrons. The number of carbonyl (C=O) groups excluding carboxylic acids is 1. The summed E-state index contributed by atoms with van der Waals surface area (Å²) in [5, 5.41) is 9.57. The molecular weight excluding hydrogens is 216 g/mol. The van der Waals surface area contributed by atoms with E-state index in [-0.39, 0.29) is 12.2 Å². The van der Waals surface area contributed by atoms with Crippen LogP contribution in [-0.2, 0) is 9.53 Å². The molecule has 1 aromatic rings. The second-order valence-corrected chi connectivity index (χ2v) is 3.31. The molecule has 0 aliphatic rings. The van der Waals surface area contributed by atoms with Gasteiger partial charge in [-0.05, 0) is 23.8 Å². The van der Waals surface area contributed by atoms with Crippen molar-refractivity contribution in [3.8, 4) is 0 Å². The van der Waals surface area contributed by atoms with Crippen LogP contribution in [-0.4, -0.2) is 24.8 Å². The molecule has 3 nitrogen and oxygen atoms in total. The molecule has 0 aromatic heterocycles. The van der Waals surface area contributed by atoms with Gasteiger partial charge >= 0.3 is 5.97 Å². The van der Waals surface area contributed by atoms with E-state index in [1.165, 1.54) is 7.11 Å². The molecule has 0 aliphatic carbocycles. The van der Waals surface area contributed by atoms with Crippen molar-refractivity contribution in [3.05, 3.63) is 40.4 Å². The smallest absolute Gasteiger partial charge is 0.336 e. The van der Waals surface area contributed by atoms with E-state index in [1.807, 2.05) is 0 Å². The maximum absolute atomic E-state index is 11.1. The van der Waals surface area contributed by atoms with Crippen molar-refractivity contribution < 1.29 is 14.6 Å². The van der Waals surface area contributed by atoms with Crippen LogP contribution in [0.3, 0.4) is 0 Å². The molecule has 0 spiro atoms. The molecule has 80 valence electrons. The highest BCUT2D eigenvalue weighted by atomic mass is 35.5. The van der Waals surface area contributed by atoms with Crippen LogP contribution < -0.4 is 0 Å². The van der Waals surface area contributed by atoms with Crippen molar-refractivity contribution in [2.45, 2.75) is 0 Å². The van der Waals surface area contributed by atoms with Crippen molar-refractivity contribution in [1.82, 2.24) is 0 Å². The number of rotatable bonds is 3. The first-order chi connectivity index (χ1) is 7.17. The fraction of sp³-hybridized carbons (Fsp3) is 0.182. The van der Waals surface area contributed by atoms with Crippen LogP contribution in [0, 0.1) is 0 Å². The quantitative estimate of drug-likeness (QED) is 0.633. The topological polar surface area (TPSA) is 46.5 Å². The van der Waals surface area contributed by atoms with Crippen molar-refractivity contribution in [3.63, 3.8) is 0 Å². The monoisotopic (exact) mass is 226 g/mol. The lowest BCUT2D eigenvalue weighted by Gasteiger charge is -2.01. The van der Waals surface area contributed by atoms with Gasteiger partial charge in [0, 0.05) is 5.02 Å². The molecule has 0 unspecified atom stereocenters. The molecule has 0 saturated heterocycles. The normalized spacial score (nSPS) is 11.3. The lowest BCUT2D eigenvalue weighted by atomic mass is 10.1. The van der Waals surface area contributed by atoms with Crippen molar-refractivity contribution in [2.24, 2.45) is 0 Å². The second kappa shape index (κ2) is 5.53. The number of ether oxygens (including phenoxy) is 1. The maximum atomic E-state index is 11.1. The number of aliphatic hydroxyl groups excluding tert-OH is 1. The van der Waals surface area contributed by atoms with Gasteiger partial charge in [0.25, 0.3) is 0 Å². The van der Waals surface area contributed by atoms with E-state index in [0.29, 0.717) is 5.02 Å². The number of hydrogen-bond acceptors (Lipinski definition) is 3. The standard InChI is InChI=1S/C11H11ClO3/c1-15-11(14)9(7-13)6-8-2-4-10(12)5-3-8/h2-6,13H,7H2,1H3/b9-6+. The molecule has 0 aliphatic heterocycles. The van der Waals surface area contributed by atoms with E-state index in [2.05, 4.69) is 4.74 Å². The van der Waals surface area contributed by atoms with Gasteiger partial charge in [-0.3, -0.25) is 0 Å². The summed E-state index contributed by atoms with van der Waals surface area (Å²) in [5.74, 6) is -0.535. The fourth-order valence-electron chi connectivity index (χ4n) is 1.06. The molecule has 0 fully saturated rings. The van der Waals surface area contributed by atoms with E-state index >= 15 is 0 Å². The molecular formula is C11H11ClO3. The first-order valence-corrected chi connectivity index (χ1v) is 4.70. The summed E-state index contributed by atoms with van der Waals surface area (Å²) in [7, 11) is 1.27. The highest BCUT2D eigenvalue weighted by molar-refractivity contribution is 6.30. The molecule has 0 heterocycles. The average molecular weight is 227 g/mol. The van der Waals surface area contributed by atoms with Gasteiger partial charge in [-0.15, -0.1) is 0 Å². The van der Waals surface area contributed by atoms with Gasteiger partial charge in [0.2, 0.25) is 0 Å². The summed E-state index contributed by atoms with van der Waals surface area (Å²) in [6.45, 7) is -0.352. The summed E-state index contributed by atoms with van der Waals surface area (Å²) in [6.07, 6.45) is 1.56. The van der Waals surface area contributed by atoms with E-state index in [4.69, 9.17) is 16.7 Å². The van der Waals surface area contributed by atoms with Crippen molar-refractivity contribution in [1.29, 1.82) is 0 Å². The molecule has 4 heteroatoms. The largest absolute Gasteiger partial charge is 0.466 e. The Morgan fingerprint density at radius 1 is 1.47 bits per heavy atom. The molecule has 0 atom stereocenters.